The van der Waals surface area contributed by atoms with Crippen molar-refractivity contribution >= 4 is 34.9 Å². The third-order valence-electron chi connectivity index (χ3n) is 3.84. The summed E-state index contributed by atoms with van der Waals surface area (Å²) in [5.74, 6) is -2.09. The van der Waals surface area contributed by atoms with Crippen LogP contribution in [0.15, 0.2) is 18.2 Å². The second-order valence-corrected chi connectivity index (χ2v) is 6.25. The second-order valence-electron chi connectivity index (χ2n) is 5.84. The molecule has 8 heteroatoms. The van der Waals surface area contributed by atoms with Crippen molar-refractivity contribution in [1.29, 1.82) is 0 Å². The largest absolute Gasteiger partial charge is 0.448 e. The number of aryl methyl sites for hydroxylation is 1. The van der Waals surface area contributed by atoms with Crippen molar-refractivity contribution in [2.45, 2.75) is 33.8 Å². The predicted molar refractivity (Wildman–Crippen MR) is 95.2 cm³/mol. The normalized spacial score (nSPS) is 11.8. The molecule has 0 bridgehead atoms. The number of ketones is 1. The average Bonchev–Trinajstić information content (AvgIpc) is 2.84. The number of nitrogens with one attached hydrogen (secondary N) is 2. The van der Waals surface area contributed by atoms with Gasteiger partial charge in [-0.05, 0) is 51.5 Å². The Kier molecular flexibility index (Phi) is 5.82. The molecule has 1 heterocycles. The van der Waals surface area contributed by atoms with Gasteiger partial charge in [-0.2, -0.15) is 0 Å². The van der Waals surface area contributed by atoms with Crippen molar-refractivity contribution < 1.29 is 23.5 Å². The molecule has 2 N–H and O–H groups in total. The fraction of sp³-hybridized carbons (Fsp3) is 0.278. The first-order chi connectivity index (χ1) is 12.1. The Morgan fingerprint density at radius 1 is 1.27 bits per heavy atom. The lowest BCUT2D eigenvalue weighted by atomic mass is 10.1. The number of anilines is 1. The predicted octanol–water partition coefficient (Wildman–Crippen LogP) is 3.81. The van der Waals surface area contributed by atoms with E-state index in [1.54, 1.807) is 13.8 Å². The maximum atomic E-state index is 13.0. The van der Waals surface area contributed by atoms with Gasteiger partial charge >= 0.3 is 5.97 Å². The van der Waals surface area contributed by atoms with E-state index in [0.29, 0.717) is 16.8 Å². The molecular weight excluding hydrogens is 363 g/mol. The van der Waals surface area contributed by atoms with Gasteiger partial charge in [0, 0.05) is 11.3 Å². The molecule has 6 nitrogen and oxygen atoms in total. The third-order valence-corrected chi connectivity index (χ3v) is 4.15. The van der Waals surface area contributed by atoms with Crippen molar-refractivity contribution in [3.63, 3.8) is 0 Å². The summed E-state index contributed by atoms with van der Waals surface area (Å²) in [6.07, 6.45) is -1.13. The van der Waals surface area contributed by atoms with Crippen LogP contribution in [-0.2, 0) is 9.53 Å². The number of hydrogen-bond acceptors (Lipinski definition) is 4. The summed E-state index contributed by atoms with van der Waals surface area (Å²) < 4.78 is 18.2. The standard InChI is InChI=1S/C18H18ClFN2O4/c1-8-15(10(3)23)9(2)21-16(8)18(25)26-11(4)17(24)22-14-6-5-12(20)7-13(14)19/h5-7,11,21H,1-4H3,(H,22,24)/t11-/m1/s1. The lowest BCUT2D eigenvalue weighted by molar-refractivity contribution is -0.123. The molecule has 0 aliphatic heterocycles. The molecule has 0 unspecified atom stereocenters. The first-order valence-corrected chi connectivity index (χ1v) is 8.16. The molecule has 1 atom stereocenters. The third kappa shape index (κ3) is 4.11. The molecule has 138 valence electrons. The van der Waals surface area contributed by atoms with E-state index in [0.717, 1.165) is 12.1 Å². The maximum absolute atomic E-state index is 13.0. The van der Waals surface area contributed by atoms with E-state index >= 15 is 0 Å². The summed E-state index contributed by atoms with van der Waals surface area (Å²) in [6.45, 7) is 6.09. The number of halogens is 2. The van der Waals surface area contributed by atoms with Gasteiger partial charge in [-0.15, -0.1) is 0 Å². The van der Waals surface area contributed by atoms with Gasteiger partial charge < -0.3 is 15.0 Å². The maximum Gasteiger partial charge on any atom is 0.355 e. The minimum atomic E-state index is -1.13. The molecular formula is C18H18ClFN2O4. The molecule has 0 fully saturated rings. The van der Waals surface area contributed by atoms with Gasteiger partial charge in [-0.25, -0.2) is 9.18 Å². The molecule has 1 aromatic heterocycles. The number of esters is 1. The van der Waals surface area contributed by atoms with Crippen molar-refractivity contribution in [1.82, 2.24) is 4.98 Å². The number of benzene rings is 1. The van der Waals surface area contributed by atoms with Gasteiger partial charge in [0.05, 0.1) is 10.7 Å². The fourth-order valence-electron chi connectivity index (χ4n) is 2.58. The number of carbonyl (C=O) groups excluding carboxylic acids is 3. The Bertz CT molecular complexity index is 892. The number of aromatic amines is 1. The number of rotatable bonds is 5. The van der Waals surface area contributed by atoms with Gasteiger partial charge in [0.1, 0.15) is 11.5 Å². The summed E-state index contributed by atoms with van der Waals surface area (Å²) >= 11 is 5.85. The molecule has 0 aliphatic carbocycles. The first-order valence-electron chi connectivity index (χ1n) is 7.78. The number of amides is 1. The highest BCUT2D eigenvalue weighted by molar-refractivity contribution is 6.33. The molecule has 2 aromatic rings. The van der Waals surface area contributed by atoms with Crippen LogP contribution >= 0.6 is 11.6 Å². The Balaban J connectivity index is 2.10. The Morgan fingerprint density at radius 3 is 2.46 bits per heavy atom. The van der Waals surface area contributed by atoms with Crippen molar-refractivity contribution in [2.75, 3.05) is 5.32 Å². The summed E-state index contributed by atoms with van der Waals surface area (Å²) in [4.78, 5) is 38.9. The summed E-state index contributed by atoms with van der Waals surface area (Å²) in [7, 11) is 0. The zero-order chi connectivity index (χ0) is 19.6. The highest BCUT2D eigenvalue weighted by Crippen LogP contribution is 2.23. The van der Waals surface area contributed by atoms with Crippen molar-refractivity contribution in [2.24, 2.45) is 0 Å². The minimum absolute atomic E-state index is 0.0267. The number of carbonyl (C=O) groups is 3. The van der Waals surface area contributed by atoms with Gasteiger partial charge in [0.25, 0.3) is 5.91 Å². The molecule has 1 amide bonds. The van der Waals surface area contributed by atoms with Crippen molar-refractivity contribution in [3.8, 4) is 0 Å². The molecule has 2 rings (SSSR count). The van der Waals surface area contributed by atoms with Crippen LogP contribution in [0.25, 0.3) is 0 Å². The van der Waals surface area contributed by atoms with Crippen LogP contribution in [0.5, 0.6) is 0 Å². The van der Waals surface area contributed by atoms with Crippen LogP contribution in [0.4, 0.5) is 10.1 Å². The summed E-state index contributed by atoms with van der Waals surface area (Å²) in [6, 6.07) is 3.51. The number of Topliss-reactive ketones (excluding diaryl/α,β-unsaturated/α-hetero) is 1. The molecule has 26 heavy (non-hydrogen) atoms. The molecule has 0 saturated carbocycles. The van der Waals surface area contributed by atoms with Gasteiger partial charge in [0.15, 0.2) is 11.9 Å². The SMILES string of the molecule is CC(=O)c1c(C)[nH]c(C(=O)O[C@H](C)C(=O)Nc2ccc(F)cc2Cl)c1C. The van der Waals surface area contributed by atoms with E-state index in [9.17, 15) is 18.8 Å². The van der Waals surface area contributed by atoms with Gasteiger partial charge in [0.2, 0.25) is 0 Å². The lowest BCUT2D eigenvalue weighted by Gasteiger charge is -2.14. The van der Waals surface area contributed by atoms with E-state index in [1.165, 1.54) is 19.9 Å². The second kappa shape index (κ2) is 7.70. The molecule has 0 spiro atoms. The van der Waals surface area contributed by atoms with E-state index in [1.807, 2.05) is 0 Å². The summed E-state index contributed by atoms with van der Waals surface area (Å²) in [5, 5.41) is 2.49. The van der Waals surface area contributed by atoms with E-state index < -0.39 is 23.8 Å². The van der Waals surface area contributed by atoms with Crippen LogP contribution in [0.1, 0.15) is 46.0 Å². The zero-order valence-corrected chi connectivity index (χ0v) is 15.5. The molecule has 0 radical (unpaired) electrons. The zero-order valence-electron chi connectivity index (χ0n) is 14.7. The van der Waals surface area contributed by atoms with Crippen LogP contribution < -0.4 is 5.32 Å². The molecule has 0 saturated heterocycles. The van der Waals surface area contributed by atoms with Gasteiger partial charge in [-0.1, -0.05) is 11.6 Å². The minimum Gasteiger partial charge on any atom is -0.448 e. The van der Waals surface area contributed by atoms with E-state index in [2.05, 4.69) is 10.3 Å². The number of H-pyrrole nitrogens is 1. The lowest BCUT2D eigenvalue weighted by Crippen LogP contribution is -2.30. The average molecular weight is 381 g/mol. The van der Waals surface area contributed by atoms with E-state index in [4.69, 9.17) is 16.3 Å². The highest BCUT2D eigenvalue weighted by Gasteiger charge is 2.25. The van der Waals surface area contributed by atoms with Crippen LogP contribution in [0, 0.1) is 19.7 Å². The highest BCUT2D eigenvalue weighted by atomic mass is 35.5. The Morgan fingerprint density at radius 2 is 1.92 bits per heavy atom. The quantitative estimate of drug-likeness (QED) is 0.609. The monoisotopic (exact) mass is 380 g/mol. The number of aromatic nitrogens is 1. The van der Waals surface area contributed by atoms with Crippen LogP contribution in [0.3, 0.4) is 0 Å². The number of ether oxygens (including phenoxy) is 1. The number of hydrogen-bond donors (Lipinski definition) is 2. The molecule has 1 aromatic carbocycles. The smallest absolute Gasteiger partial charge is 0.355 e. The van der Waals surface area contributed by atoms with Crippen LogP contribution in [0.2, 0.25) is 5.02 Å². The topological polar surface area (TPSA) is 88.3 Å². The van der Waals surface area contributed by atoms with E-state index in [-0.39, 0.29) is 22.2 Å². The molecule has 0 aliphatic rings. The Labute approximate surface area is 154 Å². The fourth-order valence-corrected chi connectivity index (χ4v) is 2.79. The Hall–Kier alpha value is -2.67. The van der Waals surface area contributed by atoms with Gasteiger partial charge in [-0.3, -0.25) is 9.59 Å². The van der Waals surface area contributed by atoms with Crippen LogP contribution in [-0.4, -0.2) is 28.7 Å². The van der Waals surface area contributed by atoms with Crippen molar-refractivity contribution in [3.05, 3.63) is 51.6 Å². The first kappa shape index (κ1) is 19.7. The summed E-state index contributed by atoms with van der Waals surface area (Å²) in [5.41, 5.74) is 1.76.